The van der Waals surface area contributed by atoms with E-state index in [1.54, 1.807) is 43.5 Å². The number of unbranched alkanes of at least 4 members (excludes halogenated alkanes) is 1. The molecule has 2 aromatic rings. The van der Waals surface area contributed by atoms with Gasteiger partial charge in [-0.15, -0.1) is 0 Å². The van der Waals surface area contributed by atoms with E-state index in [2.05, 4.69) is 47.2 Å². The molecule has 9 atom stereocenters. The van der Waals surface area contributed by atoms with E-state index in [9.17, 15) is 53.4 Å². The summed E-state index contributed by atoms with van der Waals surface area (Å²) in [5, 5.41) is 36.7. The predicted molar refractivity (Wildman–Crippen MR) is 241 cm³/mol. The molecule has 0 aliphatic carbocycles. The summed E-state index contributed by atoms with van der Waals surface area (Å²) in [6.07, 6.45) is 5.32. The topological polar surface area (TPSA) is 359 Å². The molecule has 1 heterocycles. The molecule has 22 nitrogen and oxygen atoms in total. The number of imidazole rings is 1. The van der Waals surface area contributed by atoms with Crippen LogP contribution >= 0.6 is 11.8 Å². The third-order valence-corrected chi connectivity index (χ3v) is 11.1. The molecule has 0 bridgehead atoms. The fourth-order valence-electron chi connectivity index (χ4n) is 6.20. The zero-order valence-corrected chi connectivity index (χ0v) is 38.2. The minimum Gasteiger partial charge on any atom is -0.481 e. The molecule has 1 aromatic heterocycles. The monoisotopic (exact) mass is 931 g/mol. The van der Waals surface area contributed by atoms with E-state index in [4.69, 9.17) is 11.5 Å². The van der Waals surface area contributed by atoms with Crippen molar-refractivity contribution in [2.75, 3.05) is 18.6 Å². The molecule has 0 radical (unpaired) electrons. The molecule has 0 aliphatic rings. The van der Waals surface area contributed by atoms with E-state index < -0.39 is 108 Å². The van der Waals surface area contributed by atoms with Crippen LogP contribution in [0.4, 0.5) is 0 Å². The van der Waals surface area contributed by atoms with Crippen LogP contribution in [0, 0.1) is 5.92 Å². The number of hydrogen-bond acceptors (Lipinski definition) is 13. The Balaban J connectivity index is 2.24. The summed E-state index contributed by atoms with van der Waals surface area (Å²) in [4.78, 5) is 125. The predicted octanol–water partition coefficient (Wildman–Crippen LogP) is -1.56. The van der Waals surface area contributed by atoms with E-state index in [0.717, 1.165) is 0 Å². The number of thioether (sulfide) groups is 1. The van der Waals surface area contributed by atoms with Crippen molar-refractivity contribution in [1.29, 1.82) is 0 Å². The standard InChI is InChI=1S/C42H65N11O11S/c1-6-23(2)34(44)41(62)53-31(19-27-21-45-22-46-27)40(61)49-28(15-17-65-5)37(58)52-32(20-33(54)55)39(60)48-25(4)36(57)51-30(18-26-12-8-7-9-13-26)38(59)47-24(3)35(56)50-29(42(63)64)14-10-11-16-43/h7-9,12-13,21-25,28-32,34H,6,10-11,14-20,43-44H2,1-5H3,(H,45,46)(H,47,59)(H,48,60)(H,49,61)(H,50,56)(H,51,57)(H,52,58)(H,53,62)(H,54,55)(H,63,64). The maximum atomic E-state index is 13.8. The van der Waals surface area contributed by atoms with Crippen molar-refractivity contribution in [2.24, 2.45) is 17.4 Å². The van der Waals surface area contributed by atoms with Gasteiger partial charge in [-0.25, -0.2) is 9.78 Å². The summed E-state index contributed by atoms with van der Waals surface area (Å²) in [5.74, 6) is -8.43. The highest BCUT2D eigenvalue weighted by atomic mass is 32.2. The molecule has 2 rings (SSSR count). The second-order valence-electron chi connectivity index (χ2n) is 15.7. The Bertz CT molecular complexity index is 1890. The molecule has 0 aliphatic heterocycles. The first-order valence-corrected chi connectivity index (χ1v) is 22.7. The van der Waals surface area contributed by atoms with Gasteiger partial charge in [0.1, 0.15) is 42.3 Å². The Kier molecular flexibility index (Phi) is 24.3. The number of aromatic nitrogens is 2. The number of hydrogen-bond donors (Lipinski definition) is 12. The van der Waals surface area contributed by atoms with Crippen LogP contribution in [0.1, 0.15) is 77.5 Å². The van der Waals surface area contributed by atoms with Gasteiger partial charge in [-0.3, -0.25) is 38.4 Å². The number of nitrogens with one attached hydrogen (secondary N) is 8. The van der Waals surface area contributed by atoms with Gasteiger partial charge in [0.15, 0.2) is 0 Å². The zero-order chi connectivity index (χ0) is 48.6. The number of nitrogens with two attached hydrogens (primary N) is 2. The smallest absolute Gasteiger partial charge is 0.326 e. The highest BCUT2D eigenvalue weighted by Gasteiger charge is 2.34. The summed E-state index contributed by atoms with van der Waals surface area (Å²) >= 11 is 1.35. The quantitative estimate of drug-likeness (QED) is 0.0395. The van der Waals surface area contributed by atoms with Gasteiger partial charge in [-0.05, 0) is 69.6 Å². The number of carboxylic acids is 2. The summed E-state index contributed by atoms with van der Waals surface area (Å²) < 4.78 is 0. The van der Waals surface area contributed by atoms with Crippen LogP contribution in [-0.4, -0.2) is 140 Å². The first-order chi connectivity index (χ1) is 30.8. The van der Waals surface area contributed by atoms with Crippen LogP contribution in [-0.2, 0) is 56.0 Å². The fraction of sp³-hybridized carbons (Fsp3) is 0.571. The molecule has 0 saturated carbocycles. The lowest BCUT2D eigenvalue weighted by Gasteiger charge is -2.27. The van der Waals surface area contributed by atoms with Crippen molar-refractivity contribution in [1.82, 2.24) is 47.2 Å². The van der Waals surface area contributed by atoms with Gasteiger partial charge in [0.2, 0.25) is 41.4 Å². The minimum absolute atomic E-state index is 0.0378. The van der Waals surface area contributed by atoms with Crippen LogP contribution in [0.5, 0.6) is 0 Å². The normalized spacial score (nSPS) is 15.2. The summed E-state index contributed by atoms with van der Waals surface area (Å²) in [6.45, 7) is 6.60. The molecule has 1 aromatic carbocycles. The average Bonchev–Trinajstić information content (AvgIpc) is 3.79. The summed E-state index contributed by atoms with van der Waals surface area (Å²) in [6, 6.07) is -1.84. The molecule has 14 N–H and O–H groups in total. The van der Waals surface area contributed by atoms with Crippen molar-refractivity contribution >= 4 is 65.1 Å². The van der Waals surface area contributed by atoms with E-state index in [1.165, 1.54) is 38.1 Å². The molecule has 0 fully saturated rings. The number of carboxylic acid groups (broad SMARTS) is 2. The van der Waals surface area contributed by atoms with Crippen molar-refractivity contribution in [2.45, 2.75) is 127 Å². The highest BCUT2D eigenvalue weighted by Crippen LogP contribution is 2.10. The first kappa shape index (κ1) is 55.1. The van der Waals surface area contributed by atoms with Crippen molar-refractivity contribution in [3.63, 3.8) is 0 Å². The third kappa shape index (κ3) is 19.7. The number of amides is 7. The van der Waals surface area contributed by atoms with Gasteiger partial charge in [0.05, 0.1) is 18.8 Å². The van der Waals surface area contributed by atoms with Crippen molar-refractivity contribution in [3.8, 4) is 0 Å². The van der Waals surface area contributed by atoms with E-state index in [0.29, 0.717) is 42.8 Å². The number of carbonyl (C=O) groups excluding carboxylic acids is 7. The molecule has 9 unspecified atom stereocenters. The van der Waals surface area contributed by atoms with Crippen molar-refractivity contribution in [3.05, 3.63) is 54.1 Å². The molecule has 360 valence electrons. The van der Waals surface area contributed by atoms with Gasteiger partial charge in [-0.2, -0.15) is 11.8 Å². The Morgan fingerprint density at radius 2 is 1.20 bits per heavy atom. The number of aliphatic carboxylic acids is 2. The van der Waals surface area contributed by atoms with E-state index in [1.807, 2.05) is 6.92 Å². The summed E-state index contributed by atoms with van der Waals surface area (Å²) in [7, 11) is 0. The molecule has 65 heavy (non-hydrogen) atoms. The Morgan fingerprint density at radius 1 is 0.677 bits per heavy atom. The average molecular weight is 932 g/mol. The van der Waals surface area contributed by atoms with Crippen LogP contribution in [0.25, 0.3) is 0 Å². The number of carbonyl (C=O) groups is 9. The zero-order valence-electron chi connectivity index (χ0n) is 37.4. The highest BCUT2D eigenvalue weighted by molar-refractivity contribution is 7.98. The lowest BCUT2D eigenvalue weighted by Crippen LogP contribution is -2.60. The molecule has 0 spiro atoms. The second-order valence-corrected chi connectivity index (χ2v) is 16.6. The molecule has 7 amide bonds. The molecular formula is C42H65N11O11S. The third-order valence-electron chi connectivity index (χ3n) is 10.4. The SMILES string of the molecule is CCC(C)C(N)C(=O)NC(Cc1cnc[nH]1)C(=O)NC(CCSC)C(=O)NC(CC(=O)O)C(=O)NC(C)C(=O)NC(Cc1ccccc1)C(=O)NC(C)C(=O)NC(CCCCN)C(=O)O. The van der Waals surface area contributed by atoms with E-state index >= 15 is 0 Å². The number of benzene rings is 1. The Labute approximate surface area is 382 Å². The molecule has 23 heteroatoms. The van der Waals surface area contributed by atoms with Crippen LogP contribution in [0.3, 0.4) is 0 Å². The molecular weight excluding hydrogens is 867 g/mol. The maximum Gasteiger partial charge on any atom is 0.326 e. The van der Waals surface area contributed by atoms with Gasteiger partial charge < -0.3 is 63.9 Å². The van der Waals surface area contributed by atoms with Crippen LogP contribution in [0.15, 0.2) is 42.9 Å². The second kappa shape index (κ2) is 28.7. The van der Waals surface area contributed by atoms with Gasteiger partial charge >= 0.3 is 11.9 Å². The maximum absolute atomic E-state index is 13.8. The number of H-pyrrole nitrogens is 1. The van der Waals surface area contributed by atoms with Gasteiger partial charge in [-0.1, -0.05) is 50.6 Å². The minimum atomic E-state index is -1.74. The lowest BCUT2D eigenvalue weighted by molar-refractivity contribution is -0.142. The first-order valence-electron chi connectivity index (χ1n) is 21.3. The summed E-state index contributed by atoms with van der Waals surface area (Å²) in [5.41, 5.74) is 12.7. The number of nitrogens with zero attached hydrogens (tertiary/aromatic N) is 1. The van der Waals surface area contributed by atoms with Crippen LogP contribution in [0.2, 0.25) is 0 Å². The number of rotatable bonds is 30. The Morgan fingerprint density at radius 3 is 1.74 bits per heavy atom. The Hall–Kier alpha value is -6.07. The van der Waals surface area contributed by atoms with E-state index in [-0.39, 0.29) is 31.6 Å². The lowest BCUT2D eigenvalue weighted by atomic mass is 9.98. The van der Waals surface area contributed by atoms with Crippen LogP contribution < -0.4 is 48.7 Å². The molecule has 0 saturated heterocycles. The van der Waals surface area contributed by atoms with Crippen molar-refractivity contribution < 1.29 is 53.4 Å². The number of aromatic amines is 1. The fourth-order valence-corrected chi connectivity index (χ4v) is 6.67. The van der Waals surface area contributed by atoms with Gasteiger partial charge in [0.25, 0.3) is 0 Å². The largest absolute Gasteiger partial charge is 0.481 e. The van der Waals surface area contributed by atoms with Gasteiger partial charge in [0, 0.05) is 24.7 Å².